The molecule has 0 radical (unpaired) electrons. The molecular formula is C29H36ClF3N2O4. The summed E-state index contributed by atoms with van der Waals surface area (Å²) in [4.78, 5) is 27.7. The molecule has 2 aromatic rings. The number of aliphatic hydroxyl groups is 1. The molecule has 3 atom stereocenters. The predicted octanol–water partition coefficient (Wildman–Crippen LogP) is 5.77. The molecular weight excluding hydrogens is 533 g/mol. The Morgan fingerprint density at radius 3 is 2.26 bits per heavy atom. The van der Waals surface area contributed by atoms with Crippen molar-refractivity contribution in [2.24, 2.45) is 17.8 Å². The summed E-state index contributed by atoms with van der Waals surface area (Å²) < 4.78 is 47.6. The van der Waals surface area contributed by atoms with Crippen molar-refractivity contribution in [2.45, 2.75) is 44.9 Å². The molecule has 1 aliphatic heterocycles. The summed E-state index contributed by atoms with van der Waals surface area (Å²) in [5.41, 5.74) is -3.65. The summed E-state index contributed by atoms with van der Waals surface area (Å²) in [6.45, 7) is 4.91. The molecule has 0 bridgehead atoms. The van der Waals surface area contributed by atoms with Crippen molar-refractivity contribution in [3.63, 3.8) is 0 Å². The van der Waals surface area contributed by atoms with E-state index in [0.29, 0.717) is 35.8 Å². The van der Waals surface area contributed by atoms with E-state index < -0.39 is 23.2 Å². The van der Waals surface area contributed by atoms with Crippen molar-refractivity contribution < 1.29 is 32.6 Å². The molecule has 1 saturated heterocycles. The lowest BCUT2D eigenvalue weighted by atomic mass is 9.80. The maximum absolute atomic E-state index is 13.9. The van der Waals surface area contributed by atoms with Crippen LogP contribution in [0.3, 0.4) is 0 Å². The zero-order valence-electron chi connectivity index (χ0n) is 22.7. The fraction of sp³-hybridized carbons (Fsp3) is 0.517. The minimum Gasteiger partial charge on any atom is -0.493 e. The van der Waals surface area contributed by atoms with E-state index in [1.165, 1.54) is 23.1 Å². The Hall–Kier alpha value is -2.78. The molecule has 1 N–H and O–H groups in total. The first-order chi connectivity index (χ1) is 18.3. The van der Waals surface area contributed by atoms with Gasteiger partial charge in [0.05, 0.1) is 17.2 Å². The molecule has 0 aliphatic carbocycles. The Morgan fingerprint density at radius 1 is 1.10 bits per heavy atom. The van der Waals surface area contributed by atoms with Crippen molar-refractivity contribution in [1.29, 1.82) is 0 Å². The van der Waals surface area contributed by atoms with Crippen LogP contribution in [0.5, 0.6) is 5.75 Å². The molecule has 1 fully saturated rings. The molecule has 1 aliphatic rings. The van der Waals surface area contributed by atoms with E-state index in [0.717, 1.165) is 23.5 Å². The van der Waals surface area contributed by atoms with E-state index in [2.05, 4.69) is 13.8 Å². The minimum absolute atomic E-state index is 0.153. The van der Waals surface area contributed by atoms with Gasteiger partial charge < -0.3 is 19.6 Å². The monoisotopic (exact) mass is 568 g/mol. The average molecular weight is 569 g/mol. The van der Waals surface area contributed by atoms with Crippen molar-refractivity contribution in [3.8, 4) is 5.75 Å². The van der Waals surface area contributed by atoms with Gasteiger partial charge in [-0.2, -0.15) is 13.2 Å². The Bertz CT molecular complexity index is 1140. The van der Waals surface area contributed by atoms with E-state index in [9.17, 15) is 27.9 Å². The molecule has 0 saturated carbocycles. The number of alkyl halides is 3. The van der Waals surface area contributed by atoms with Gasteiger partial charge in [-0.1, -0.05) is 55.8 Å². The molecule has 0 aromatic heterocycles. The van der Waals surface area contributed by atoms with Crippen molar-refractivity contribution in [2.75, 3.05) is 33.8 Å². The lowest BCUT2D eigenvalue weighted by Gasteiger charge is -2.40. The Balaban J connectivity index is 1.53. The van der Waals surface area contributed by atoms with Gasteiger partial charge in [-0.25, -0.2) is 0 Å². The van der Waals surface area contributed by atoms with Gasteiger partial charge in [-0.05, 0) is 55.2 Å². The number of benzene rings is 2. The molecule has 214 valence electrons. The number of carbonyl (C=O) groups excluding carboxylic acids is 2. The number of amides is 2. The van der Waals surface area contributed by atoms with Crippen LogP contribution in [0.15, 0.2) is 48.5 Å². The first-order valence-electron chi connectivity index (χ1n) is 13.0. The second-order valence-corrected chi connectivity index (χ2v) is 11.1. The number of ether oxygens (including phenoxy) is 1. The van der Waals surface area contributed by atoms with Crippen LogP contribution in [-0.4, -0.2) is 66.7 Å². The summed E-state index contributed by atoms with van der Waals surface area (Å²) in [5.74, 6) is -0.263. The van der Waals surface area contributed by atoms with Crippen molar-refractivity contribution in [3.05, 3.63) is 64.7 Å². The highest BCUT2D eigenvalue weighted by Crippen LogP contribution is 2.41. The van der Waals surface area contributed by atoms with Gasteiger partial charge in [-0.15, -0.1) is 0 Å². The topological polar surface area (TPSA) is 70.1 Å². The third kappa shape index (κ3) is 7.06. The SMILES string of the molecule is CC(COc1ccc(C(=O)N(C)C)c(Cl)c1)CC(C)C1CCN(C(=O)C(O)(c2ccccc2)C(F)(F)F)CC1. The van der Waals surface area contributed by atoms with E-state index >= 15 is 0 Å². The highest BCUT2D eigenvalue weighted by atomic mass is 35.5. The molecule has 1 heterocycles. The number of likely N-dealkylation sites (tertiary alicyclic amines) is 1. The summed E-state index contributed by atoms with van der Waals surface area (Å²) >= 11 is 6.26. The van der Waals surface area contributed by atoms with Gasteiger partial charge in [0.1, 0.15) is 5.75 Å². The fourth-order valence-corrected chi connectivity index (χ4v) is 5.37. The fourth-order valence-electron chi connectivity index (χ4n) is 5.12. The number of carbonyl (C=O) groups is 2. The van der Waals surface area contributed by atoms with Gasteiger partial charge in [0, 0.05) is 32.7 Å². The van der Waals surface area contributed by atoms with Gasteiger partial charge >= 0.3 is 6.18 Å². The zero-order valence-corrected chi connectivity index (χ0v) is 23.4. The van der Waals surface area contributed by atoms with Crippen LogP contribution in [-0.2, 0) is 10.4 Å². The van der Waals surface area contributed by atoms with Crippen molar-refractivity contribution in [1.82, 2.24) is 9.80 Å². The van der Waals surface area contributed by atoms with E-state index in [4.69, 9.17) is 16.3 Å². The smallest absolute Gasteiger partial charge is 0.430 e. The zero-order chi connectivity index (χ0) is 29.0. The highest BCUT2D eigenvalue weighted by molar-refractivity contribution is 6.34. The Kier molecular flexibility index (Phi) is 9.93. The second kappa shape index (κ2) is 12.6. The van der Waals surface area contributed by atoms with Crippen molar-refractivity contribution >= 4 is 23.4 Å². The largest absolute Gasteiger partial charge is 0.493 e. The van der Waals surface area contributed by atoms with Crippen LogP contribution >= 0.6 is 11.6 Å². The van der Waals surface area contributed by atoms with Crippen LogP contribution in [0.1, 0.15) is 49.0 Å². The molecule has 39 heavy (non-hydrogen) atoms. The number of hydrogen-bond donors (Lipinski definition) is 1. The molecule has 0 spiro atoms. The molecule has 10 heteroatoms. The molecule has 6 nitrogen and oxygen atoms in total. The Morgan fingerprint density at radius 2 is 1.72 bits per heavy atom. The third-order valence-corrected chi connectivity index (χ3v) is 7.74. The number of halogens is 4. The van der Waals surface area contributed by atoms with Gasteiger partial charge in [0.25, 0.3) is 17.4 Å². The van der Waals surface area contributed by atoms with Crippen LogP contribution in [0.25, 0.3) is 0 Å². The maximum Gasteiger partial charge on any atom is 0.430 e. The van der Waals surface area contributed by atoms with Crippen LogP contribution in [0, 0.1) is 17.8 Å². The lowest BCUT2D eigenvalue weighted by molar-refractivity contribution is -0.262. The molecule has 2 amide bonds. The second-order valence-electron chi connectivity index (χ2n) is 10.7. The summed E-state index contributed by atoms with van der Waals surface area (Å²) in [5, 5.41) is 10.9. The first-order valence-corrected chi connectivity index (χ1v) is 13.4. The van der Waals surface area contributed by atoms with Crippen LogP contribution in [0.4, 0.5) is 13.2 Å². The van der Waals surface area contributed by atoms with Crippen LogP contribution < -0.4 is 4.74 Å². The number of rotatable bonds is 9. The van der Waals surface area contributed by atoms with Gasteiger partial charge in [-0.3, -0.25) is 9.59 Å². The molecule has 2 aromatic carbocycles. The number of nitrogens with zero attached hydrogens (tertiary/aromatic N) is 2. The van der Waals surface area contributed by atoms with Gasteiger partial charge in [0.2, 0.25) is 0 Å². The lowest BCUT2D eigenvalue weighted by Crippen LogP contribution is -2.57. The third-order valence-electron chi connectivity index (χ3n) is 7.43. The summed E-state index contributed by atoms with van der Waals surface area (Å²) in [6, 6.07) is 11.5. The summed E-state index contributed by atoms with van der Waals surface area (Å²) in [7, 11) is 3.31. The molecule has 3 rings (SSSR count). The quantitative estimate of drug-likeness (QED) is 0.417. The number of piperidine rings is 1. The normalized spacial score (nSPS) is 17.7. The van der Waals surface area contributed by atoms with E-state index in [1.807, 2.05) is 0 Å². The van der Waals surface area contributed by atoms with E-state index in [-0.39, 0.29) is 36.8 Å². The predicted molar refractivity (Wildman–Crippen MR) is 144 cm³/mol. The maximum atomic E-state index is 13.9. The first kappa shape index (κ1) is 30.8. The standard InChI is InChI=1S/C29H36ClF3N2O4/c1-19(18-39-23-10-11-24(25(30)17-23)26(36)34(3)4)16-20(2)21-12-14-35(15-13-21)27(37)28(38,29(31,32)33)22-8-6-5-7-9-22/h5-11,17,19-21,38H,12-16,18H2,1-4H3. The summed E-state index contributed by atoms with van der Waals surface area (Å²) in [6.07, 6.45) is -3.20. The van der Waals surface area contributed by atoms with E-state index in [1.54, 1.807) is 32.3 Å². The molecule has 3 unspecified atom stereocenters. The van der Waals surface area contributed by atoms with Gasteiger partial charge in [0.15, 0.2) is 0 Å². The van der Waals surface area contributed by atoms with Crippen LogP contribution in [0.2, 0.25) is 5.02 Å². The minimum atomic E-state index is -5.14. The number of hydrogen-bond acceptors (Lipinski definition) is 4. The average Bonchev–Trinajstić information content (AvgIpc) is 2.90. The highest BCUT2D eigenvalue weighted by Gasteiger charge is 2.62. The Labute approximate surface area is 232 Å².